The summed E-state index contributed by atoms with van der Waals surface area (Å²) in [5.41, 5.74) is 0.957. The van der Waals surface area contributed by atoms with Crippen LogP contribution in [0.25, 0.3) is 0 Å². The van der Waals surface area contributed by atoms with E-state index in [9.17, 15) is 17.6 Å². The summed E-state index contributed by atoms with van der Waals surface area (Å²) in [6.45, 7) is 1.06. The third kappa shape index (κ3) is 4.93. The molecule has 1 saturated heterocycles. The molecule has 3 aromatic carbocycles. The van der Waals surface area contributed by atoms with Crippen molar-refractivity contribution in [2.24, 2.45) is 0 Å². The average Bonchev–Trinajstić information content (AvgIpc) is 2.81. The van der Waals surface area contributed by atoms with E-state index in [4.69, 9.17) is 16.3 Å². The van der Waals surface area contributed by atoms with Gasteiger partial charge in [0.05, 0.1) is 23.7 Å². The summed E-state index contributed by atoms with van der Waals surface area (Å²) in [4.78, 5) is 14.6. The first-order chi connectivity index (χ1) is 15.3. The zero-order valence-corrected chi connectivity index (χ0v) is 18.4. The number of anilines is 1. The van der Waals surface area contributed by atoms with Crippen molar-refractivity contribution in [3.05, 3.63) is 94.8 Å². The molecule has 1 aliphatic heterocycles. The lowest BCUT2D eigenvalue weighted by Crippen LogP contribution is -2.42. The van der Waals surface area contributed by atoms with Crippen LogP contribution in [-0.4, -0.2) is 38.9 Å². The van der Waals surface area contributed by atoms with E-state index in [0.717, 1.165) is 11.6 Å². The van der Waals surface area contributed by atoms with Gasteiger partial charge in [-0.2, -0.15) is 0 Å². The van der Waals surface area contributed by atoms with Crippen LogP contribution in [0.3, 0.4) is 0 Å². The monoisotopic (exact) mass is 474 g/mol. The standard InChI is InChI=1S/C23H20ClFN2O4S/c24-18-10-8-16(9-11-18)22-15-27(12-13-31-22)23(28)17-4-3-5-19(14-17)32(29,30)26-21-7-2-1-6-20(21)25/h1-11,14,22,26H,12-13,15H2. The van der Waals surface area contributed by atoms with Gasteiger partial charge in [-0.25, -0.2) is 12.8 Å². The lowest BCUT2D eigenvalue weighted by Gasteiger charge is -2.33. The highest BCUT2D eigenvalue weighted by atomic mass is 35.5. The maximum absolute atomic E-state index is 13.9. The minimum Gasteiger partial charge on any atom is -0.370 e. The Hall–Kier alpha value is -2.94. The van der Waals surface area contributed by atoms with Crippen molar-refractivity contribution in [1.29, 1.82) is 0 Å². The molecule has 166 valence electrons. The SMILES string of the molecule is O=C(c1cccc(S(=O)(=O)Nc2ccccc2F)c1)N1CCOC(c2ccc(Cl)cc2)C1. The Morgan fingerprint density at radius 3 is 2.56 bits per heavy atom. The Labute approximate surface area is 190 Å². The molecule has 1 N–H and O–H groups in total. The molecule has 1 atom stereocenters. The highest BCUT2D eigenvalue weighted by Crippen LogP contribution is 2.25. The average molecular weight is 475 g/mol. The van der Waals surface area contributed by atoms with Crippen molar-refractivity contribution in [1.82, 2.24) is 4.90 Å². The Kier molecular flexibility index (Phi) is 6.45. The summed E-state index contributed by atoms with van der Waals surface area (Å²) < 4.78 is 47.4. The fourth-order valence-electron chi connectivity index (χ4n) is 3.44. The molecule has 1 heterocycles. The van der Waals surface area contributed by atoms with Crippen molar-refractivity contribution in [3.8, 4) is 0 Å². The predicted octanol–water partition coefficient (Wildman–Crippen LogP) is 4.49. The van der Waals surface area contributed by atoms with Crippen LogP contribution in [0.4, 0.5) is 10.1 Å². The molecule has 0 spiro atoms. The molecule has 1 aliphatic rings. The van der Waals surface area contributed by atoms with Crippen LogP contribution in [-0.2, 0) is 14.8 Å². The molecule has 0 bridgehead atoms. The lowest BCUT2D eigenvalue weighted by molar-refractivity contribution is -0.0228. The second-order valence-electron chi connectivity index (χ2n) is 7.28. The Bertz CT molecular complexity index is 1230. The van der Waals surface area contributed by atoms with Crippen LogP contribution in [0, 0.1) is 5.82 Å². The van der Waals surface area contributed by atoms with Gasteiger partial charge in [-0.05, 0) is 48.0 Å². The van der Waals surface area contributed by atoms with Crippen LogP contribution in [0.1, 0.15) is 22.0 Å². The molecule has 1 unspecified atom stereocenters. The summed E-state index contributed by atoms with van der Waals surface area (Å²) in [6, 6.07) is 18.4. The molecule has 6 nitrogen and oxygen atoms in total. The fourth-order valence-corrected chi connectivity index (χ4v) is 4.68. The van der Waals surface area contributed by atoms with Gasteiger partial charge in [0.2, 0.25) is 0 Å². The van der Waals surface area contributed by atoms with Gasteiger partial charge >= 0.3 is 0 Å². The molecule has 1 fully saturated rings. The van der Waals surface area contributed by atoms with Crippen molar-refractivity contribution < 1.29 is 22.3 Å². The first-order valence-electron chi connectivity index (χ1n) is 9.87. The smallest absolute Gasteiger partial charge is 0.262 e. The first kappa shape index (κ1) is 22.3. The number of nitrogens with one attached hydrogen (secondary N) is 1. The quantitative estimate of drug-likeness (QED) is 0.591. The Balaban J connectivity index is 1.53. The van der Waals surface area contributed by atoms with Gasteiger partial charge in [-0.3, -0.25) is 9.52 Å². The Morgan fingerprint density at radius 2 is 1.81 bits per heavy atom. The first-order valence-corrected chi connectivity index (χ1v) is 11.7. The van der Waals surface area contributed by atoms with E-state index in [1.165, 1.54) is 36.4 Å². The molecule has 0 saturated carbocycles. The second kappa shape index (κ2) is 9.28. The van der Waals surface area contributed by atoms with E-state index in [0.29, 0.717) is 24.7 Å². The number of hydrogen-bond acceptors (Lipinski definition) is 4. The van der Waals surface area contributed by atoms with E-state index in [1.807, 2.05) is 12.1 Å². The molecule has 1 amide bonds. The van der Waals surface area contributed by atoms with Crippen LogP contribution in [0.2, 0.25) is 5.02 Å². The minimum atomic E-state index is -4.08. The van der Waals surface area contributed by atoms with Gasteiger partial charge in [0.1, 0.15) is 11.9 Å². The van der Waals surface area contributed by atoms with E-state index in [1.54, 1.807) is 23.1 Å². The second-order valence-corrected chi connectivity index (χ2v) is 9.39. The number of rotatable bonds is 5. The maximum atomic E-state index is 13.9. The predicted molar refractivity (Wildman–Crippen MR) is 120 cm³/mol. The number of para-hydroxylation sites is 1. The molecule has 32 heavy (non-hydrogen) atoms. The van der Waals surface area contributed by atoms with E-state index in [2.05, 4.69) is 4.72 Å². The number of amides is 1. The molecule has 3 aromatic rings. The fraction of sp³-hybridized carbons (Fsp3) is 0.174. The molecule has 4 rings (SSSR count). The van der Waals surface area contributed by atoms with E-state index < -0.39 is 15.8 Å². The lowest BCUT2D eigenvalue weighted by atomic mass is 10.1. The summed E-state index contributed by atoms with van der Waals surface area (Å²) in [6.07, 6.45) is -0.306. The van der Waals surface area contributed by atoms with Crippen LogP contribution >= 0.6 is 11.6 Å². The van der Waals surface area contributed by atoms with Gasteiger partial charge < -0.3 is 9.64 Å². The van der Waals surface area contributed by atoms with Crippen molar-refractivity contribution >= 4 is 33.2 Å². The number of carbonyl (C=O) groups is 1. The molecular formula is C23H20ClFN2O4S. The number of nitrogens with zero attached hydrogens (tertiary/aromatic N) is 1. The molecule has 9 heteroatoms. The van der Waals surface area contributed by atoms with E-state index >= 15 is 0 Å². The van der Waals surface area contributed by atoms with Crippen molar-refractivity contribution in [3.63, 3.8) is 0 Å². The van der Waals surface area contributed by atoms with Gasteiger partial charge in [-0.15, -0.1) is 0 Å². The molecule has 0 aromatic heterocycles. The number of carbonyl (C=O) groups excluding carboxylic acids is 1. The third-order valence-electron chi connectivity index (χ3n) is 5.10. The van der Waals surface area contributed by atoms with Crippen molar-refractivity contribution in [2.45, 2.75) is 11.0 Å². The summed E-state index contributed by atoms with van der Waals surface area (Å²) in [5, 5.41) is 0.611. The van der Waals surface area contributed by atoms with E-state index in [-0.39, 0.29) is 28.2 Å². The summed E-state index contributed by atoms with van der Waals surface area (Å²) >= 11 is 5.94. The highest BCUT2D eigenvalue weighted by molar-refractivity contribution is 7.92. The number of sulfonamides is 1. The summed E-state index contributed by atoms with van der Waals surface area (Å²) in [5.74, 6) is -1.000. The third-order valence-corrected chi connectivity index (χ3v) is 6.72. The van der Waals surface area contributed by atoms with Crippen LogP contribution in [0.5, 0.6) is 0 Å². The van der Waals surface area contributed by atoms with Gasteiger partial charge in [0, 0.05) is 17.1 Å². The van der Waals surface area contributed by atoms with Crippen LogP contribution in [0.15, 0.2) is 77.7 Å². The zero-order chi connectivity index (χ0) is 22.7. The normalized spacial score (nSPS) is 16.6. The summed E-state index contributed by atoms with van der Waals surface area (Å²) in [7, 11) is -4.08. The maximum Gasteiger partial charge on any atom is 0.262 e. The topological polar surface area (TPSA) is 75.7 Å². The number of morpholine rings is 1. The van der Waals surface area contributed by atoms with Crippen molar-refractivity contribution in [2.75, 3.05) is 24.4 Å². The molecule has 0 radical (unpaired) electrons. The number of hydrogen-bond donors (Lipinski definition) is 1. The highest BCUT2D eigenvalue weighted by Gasteiger charge is 2.27. The van der Waals surface area contributed by atoms with Gasteiger partial charge in [0.25, 0.3) is 15.9 Å². The largest absolute Gasteiger partial charge is 0.370 e. The minimum absolute atomic E-state index is 0.130. The number of ether oxygens (including phenoxy) is 1. The zero-order valence-electron chi connectivity index (χ0n) is 16.9. The number of halogens is 2. The van der Waals surface area contributed by atoms with Gasteiger partial charge in [-0.1, -0.05) is 41.9 Å². The Morgan fingerprint density at radius 1 is 1.06 bits per heavy atom. The van der Waals surface area contributed by atoms with Crippen LogP contribution < -0.4 is 4.72 Å². The molecule has 0 aliphatic carbocycles. The van der Waals surface area contributed by atoms with Gasteiger partial charge in [0.15, 0.2) is 0 Å². The molecular weight excluding hydrogens is 455 g/mol. The number of benzene rings is 3.